The number of ether oxygens (including phenoxy) is 1. The van der Waals surface area contributed by atoms with Gasteiger partial charge in [-0.15, -0.1) is 0 Å². The summed E-state index contributed by atoms with van der Waals surface area (Å²) in [4.78, 5) is 29.0. The first-order chi connectivity index (χ1) is 18.7. The van der Waals surface area contributed by atoms with Gasteiger partial charge in [0.25, 0.3) is 0 Å². The van der Waals surface area contributed by atoms with Crippen molar-refractivity contribution in [1.29, 1.82) is 0 Å². The largest absolute Gasteiger partial charge is 0.497 e. The number of allylic oxidation sites excluding steroid dienone is 1. The normalized spacial score (nSPS) is 18.0. The molecule has 39 heavy (non-hydrogen) atoms. The van der Waals surface area contributed by atoms with E-state index in [0.29, 0.717) is 31.4 Å². The highest BCUT2D eigenvalue weighted by atomic mass is 19.1. The lowest BCUT2D eigenvalue weighted by Gasteiger charge is -2.37. The van der Waals surface area contributed by atoms with E-state index in [1.54, 1.807) is 19.2 Å². The lowest BCUT2D eigenvalue weighted by Crippen LogP contribution is -2.42. The van der Waals surface area contributed by atoms with Gasteiger partial charge in [-0.25, -0.2) is 4.39 Å². The zero-order valence-corrected chi connectivity index (χ0v) is 22.6. The zero-order valence-electron chi connectivity index (χ0n) is 22.6. The van der Waals surface area contributed by atoms with Crippen molar-refractivity contribution >= 4 is 23.1 Å². The minimum absolute atomic E-state index is 0.0385. The number of nitrogens with zero attached hydrogens (tertiary/aromatic N) is 1. The summed E-state index contributed by atoms with van der Waals surface area (Å²) in [5, 5.41) is 6.58. The second kappa shape index (κ2) is 10.9. The molecule has 1 aliphatic heterocycles. The Balaban J connectivity index is 1.47. The second-order valence-electron chi connectivity index (χ2n) is 11.0. The molecule has 3 aromatic rings. The number of benzene rings is 3. The molecule has 0 aromatic heterocycles. The number of carbonyl (C=O) groups excluding carboxylic acids is 2. The van der Waals surface area contributed by atoms with Crippen LogP contribution >= 0.6 is 0 Å². The van der Waals surface area contributed by atoms with Gasteiger partial charge >= 0.3 is 0 Å². The number of nitrogens with one attached hydrogen (secondary N) is 2. The third-order valence-corrected chi connectivity index (χ3v) is 7.40. The van der Waals surface area contributed by atoms with Crippen LogP contribution in [0.5, 0.6) is 5.75 Å². The standard InChI is InChI=1S/C32H34FN3O3/c1-32(2)18-26-30(28(37)19-32)31(22-10-12-23(33)13-11-22)36(27-7-5-4-6-25(27)35-26)20-29(38)34-17-16-21-8-14-24(39-3)15-9-21/h4-15,31,35H,16-20H2,1-3H3,(H,34,38). The first kappa shape index (κ1) is 26.5. The number of para-hydroxylation sites is 2. The number of rotatable bonds is 7. The Kier molecular flexibility index (Phi) is 7.42. The molecule has 2 aliphatic rings. The van der Waals surface area contributed by atoms with Crippen molar-refractivity contribution < 1.29 is 18.7 Å². The van der Waals surface area contributed by atoms with Crippen LogP contribution in [0.15, 0.2) is 84.1 Å². The summed E-state index contributed by atoms with van der Waals surface area (Å²) in [5.41, 5.74) is 4.82. The molecule has 1 amide bonds. The number of fused-ring (bicyclic) bond motifs is 1. The van der Waals surface area contributed by atoms with Gasteiger partial charge in [-0.2, -0.15) is 0 Å². The number of carbonyl (C=O) groups is 2. The second-order valence-corrected chi connectivity index (χ2v) is 11.0. The number of hydrogen-bond donors (Lipinski definition) is 2. The highest BCUT2D eigenvalue weighted by Crippen LogP contribution is 2.48. The van der Waals surface area contributed by atoms with Crippen molar-refractivity contribution in [3.63, 3.8) is 0 Å². The van der Waals surface area contributed by atoms with Gasteiger partial charge in [0.15, 0.2) is 5.78 Å². The third-order valence-electron chi connectivity index (χ3n) is 7.40. The van der Waals surface area contributed by atoms with E-state index in [1.807, 2.05) is 53.4 Å². The molecule has 0 fully saturated rings. The van der Waals surface area contributed by atoms with Crippen molar-refractivity contribution in [2.24, 2.45) is 5.41 Å². The van der Waals surface area contributed by atoms with E-state index in [1.165, 1.54) is 12.1 Å². The summed E-state index contributed by atoms with van der Waals surface area (Å²) in [6.45, 7) is 4.69. The van der Waals surface area contributed by atoms with Crippen LogP contribution in [0.2, 0.25) is 0 Å². The average molecular weight is 528 g/mol. The smallest absolute Gasteiger partial charge is 0.239 e. The summed E-state index contributed by atoms with van der Waals surface area (Å²) >= 11 is 0. The highest BCUT2D eigenvalue weighted by molar-refractivity contribution is 6.01. The molecule has 2 N–H and O–H groups in total. The van der Waals surface area contributed by atoms with Gasteiger partial charge in [0.05, 0.1) is 31.1 Å². The molecule has 5 rings (SSSR count). The number of amides is 1. The molecule has 1 heterocycles. The summed E-state index contributed by atoms with van der Waals surface area (Å²) in [7, 11) is 1.63. The van der Waals surface area contributed by atoms with Crippen LogP contribution in [0, 0.1) is 11.2 Å². The quantitative estimate of drug-likeness (QED) is 0.406. The van der Waals surface area contributed by atoms with Crippen LogP contribution in [-0.4, -0.2) is 31.9 Å². The zero-order chi connectivity index (χ0) is 27.6. The summed E-state index contributed by atoms with van der Waals surface area (Å²) < 4.78 is 19.2. The lowest BCUT2D eigenvalue weighted by atomic mass is 9.73. The van der Waals surface area contributed by atoms with Gasteiger partial charge in [-0.3, -0.25) is 9.59 Å². The molecule has 0 radical (unpaired) electrons. The molecule has 0 bridgehead atoms. The van der Waals surface area contributed by atoms with Crippen LogP contribution in [0.25, 0.3) is 0 Å². The molecule has 3 aromatic carbocycles. The van der Waals surface area contributed by atoms with Crippen molar-refractivity contribution in [1.82, 2.24) is 5.32 Å². The fraction of sp³-hybridized carbons (Fsp3) is 0.312. The molecule has 1 unspecified atom stereocenters. The molecule has 6 nitrogen and oxygen atoms in total. The third kappa shape index (κ3) is 5.82. The Bertz CT molecular complexity index is 1400. The van der Waals surface area contributed by atoms with Crippen molar-refractivity contribution in [3.05, 3.63) is 101 Å². The van der Waals surface area contributed by atoms with E-state index < -0.39 is 6.04 Å². The first-order valence-corrected chi connectivity index (χ1v) is 13.3. The molecular weight excluding hydrogens is 493 g/mol. The van der Waals surface area contributed by atoms with Crippen LogP contribution in [0.3, 0.4) is 0 Å². The van der Waals surface area contributed by atoms with E-state index in [4.69, 9.17) is 4.74 Å². The SMILES string of the molecule is COc1ccc(CCNC(=O)CN2c3ccccc3NC3=C(C(=O)CC(C)(C)C3)C2c2ccc(F)cc2)cc1. The Morgan fingerprint density at radius 2 is 1.77 bits per heavy atom. The number of anilines is 2. The van der Waals surface area contributed by atoms with E-state index in [0.717, 1.165) is 33.9 Å². The monoisotopic (exact) mass is 527 g/mol. The Labute approximate surface area is 228 Å². The highest BCUT2D eigenvalue weighted by Gasteiger charge is 2.41. The van der Waals surface area contributed by atoms with Gasteiger partial charge in [0.2, 0.25) is 5.91 Å². The molecule has 7 heteroatoms. The number of halogens is 1. The maximum atomic E-state index is 13.9. The van der Waals surface area contributed by atoms with Gasteiger partial charge < -0.3 is 20.3 Å². The molecule has 0 saturated carbocycles. The number of methoxy groups -OCH3 is 1. The summed E-state index contributed by atoms with van der Waals surface area (Å²) in [6, 6.07) is 21.2. The number of hydrogen-bond acceptors (Lipinski definition) is 5. The molecule has 202 valence electrons. The van der Waals surface area contributed by atoms with Gasteiger partial charge in [0, 0.05) is 24.2 Å². The van der Waals surface area contributed by atoms with Crippen LogP contribution < -0.4 is 20.3 Å². The molecule has 0 saturated heterocycles. The predicted molar refractivity (Wildman–Crippen MR) is 151 cm³/mol. The fourth-order valence-corrected chi connectivity index (χ4v) is 5.57. The summed E-state index contributed by atoms with van der Waals surface area (Å²) in [6.07, 6.45) is 1.78. The van der Waals surface area contributed by atoms with Crippen LogP contribution in [0.4, 0.5) is 15.8 Å². The maximum Gasteiger partial charge on any atom is 0.239 e. The number of ketones is 1. The summed E-state index contributed by atoms with van der Waals surface area (Å²) in [5.74, 6) is 0.329. The Morgan fingerprint density at radius 1 is 1.05 bits per heavy atom. The average Bonchev–Trinajstić information content (AvgIpc) is 3.03. The van der Waals surface area contributed by atoms with Crippen molar-refractivity contribution in [3.8, 4) is 5.75 Å². The van der Waals surface area contributed by atoms with Crippen LogP contribution in [0.1, 0.15) is 43.9 Å². The Hall–Kier alpha value is -4.13. The molecular formula is C32H34FN3O3. The van der Waals surface area contributed by atoms with E-state index in [2.05, 4.69) is 24.5 Å². The predicted octanol–water partition coefficient (Wildman–Crippen LogP) is 5.81. The molecule has 0 spiro atoms. The van der Waals surface area contributed by atoms with Crippen LogP contribution in [-0.2, 0) is 16.0 Å². The van der Waals surface area contributed by atoms with E-state index in [9.17, 15) is 14.0 Å². The van der Waals surface area contributed by atoms with E-state index in [-0.39, 0.29) is 29.5 Å². The van der Waals surface area contributed by atoms with Gasteiger partial charge in [-0.1, -0.05) is 50.2 Å². The van der Waals surface area contributed by atoms with Gasteiger partial charge in [0.1, 0.15) is 11.6 Å². The maximum absolute atomic E-state index is 13.9. The minimum Gasteiger partial charge on any atom is -0.497 e. The first-order valence-electron chi connectivity index (χ1n) is 13.3. The topological polar surface area (TPSA) is 70.7 Å². The fourth-order valence-electron chi connectivity index (χ4n) is 5.57. The number of Topliss-reactive ketones (excluding diaryl/α,β-unsaturated/α-hetero) is 1. The van der Waals surface area contributed by atoms with Crippen molar-refractivity contribution in [2.75, 3.05) is 30.4 Å². The van der Waals surface area contributed by atoms with Gasteiger partial charge in [-0.05, 0) is 65.8 Å². The van der Waals surface area contributed by atoms with Crippen molar-refractivity contribution in [2.45, 2.75) is 39.2 Å². The Morgan fingerprint density at radius 3 is 2.49 bits per heavy atom. The molecule has 1 aliphatic carbocycles. The molecule has 1 atom stereocenters. The minimum atomic E-state index is -0.535. The lowest BCUT2D eigenvalue weighted by molar-refractivity contribution is -0.120. The van der Waals surface area contributed by atoms with E-state index >= 15 is 0 Å².